The van der Waals surface area contributed by atoms with Gasteiger partial charge in [0.1, 0.15) is 0 Å². The summed E-state index contributed by atoms with van der Waals surface area (Å²) >= 11 is 0. The van der Waals surface area contributed by atoms with E-state index in [-0.39, 0.29) is 3.87 Å². The second kappa shape index (κ2) is 7.36. The van der Waals surface area contributed by atoms with Crippen molar-refractivity contribution in [2.45, 2.75) is 9.79 Å². The van der Waals surface area contributed by atoms with Crippen LogP contribution in [0.25, 0.3) is 0 Å². The largest absolute Gasteiger partial charge is 0.279 e. The van der Waals surface area contributed by atoms with Gasteiger partial charge in [-0.05, 0) is 24.3 Å². The van der Waals surface area contributed by atoms with Crippen molar-refractivity contribution in [2.75, 3.05) is 7.11 Å². The standard InChI is InChI=1S/C13H11N3O9S2/c1-25-16(26(21,22)12-6-2-10(3-7-12)14(17)18)27(23,24)13-8-4-11(5-9-13)15(19)20/h2-9H,1H3. The third-order valence-electron chi connectivity index (χ3n) is 3.23. The molecule has 144 valence electrons. The van der Waals surface area contributed by atoms with Gasteiger partial charge in [0.15, 0.2) is 0 Å². The molecular weight excluding hydrogens is 406 g/mol. The molecule has 0 unspecified atom stereocenters. The van der Waals surface area contributed by atoms with E-state index in [2.05, 4.69) is 4.84 Å². The van der Waals surface area contributed by atoms with Gasteiger partial charge in [-0.1, -0.05) is 0 Å². The summed E-state index contributed by atoms with van der Waals surface area (Å²) in [7, 11) is -8.72. The van der Waals surface area contributed by atoms with E-state index in [1.54, 1.807) is 0 Å². The van der Waals surface area contributed by atoms with Crippen molar-refractivity contribution in [2.24, 2.45) is 0 Å². The molecule has 0 atom stereocenters. The first-order valence-electron chi connectivity index (χ1n) is 6.85. The predicted octanol–water partition coefficient (Wildman–Crippen LogP) is 1.44. The first-order chi connectivity index (χ1) is 12.5. The minimum Gasteiger partial charge on any atom is -0.273 e. The molecule has 0 aliphatic rings. The van der Waals surface area contributed by atoms with Crippen molar-refractivity contribution < 1.29 is 31.5 Å². The zero-order valence-corrected chi connectivity index (χ0v) is 15.1. The summed E-state index contributed by atoms with van der Waals surface area (Å²) in [5, 5.41) is 21.3. The van der Waals surface area contributed by atoms with Gasteiger partial charge in [-0.25, -0.2) is 16.8 Å². The second-order valence-electron chi connectivity index (χ2n) is 4.86. The number of rotatable bonds is 7. The van der Waals surface area contributed by atoms with Crippen molar-refractivity contribution in [3.05, 3.63) is 68.8 Å². The number of non-ortho nitro benzene ring substituents is 2. The predicted molar refractivity (Wildman–Crippen MR) is 89.4 cm³/mol. The lowest BCUT2D eigenvalue weighted by molar-refractivity contribution is -0.385. The number of sulfonamides is 2. The van der Waals surface area contributed by atoms with Crippen molar-refractivity contribution in [1.82, 2.24) is 3.87 Å². The van der Waals surface area contributed by atoms with Crippen LogP contribution in [0.4, 0.5) is 11.4 Å². The quantitative estimate of drug-likeness (QED) is 0.478. The molecule has 0 aliphatic heterocycles. The Hall–Kier alpha value is -2.94. The van der Waals surface area contributed by atoms with E-state index in [1.165, 1.54) is 0 Å². The second-order valence-corrected chi connectivity index (χ2v) is 8.60. The van der Waals surface area contributed by atoms with Crippen molar-refractivity contribution >= 4 is 31.4 Å². The number of nitro groups is 2. The Morgan fingerprint density at radius 3 is 1.26 bits per heavy atom. The molecule has 27 heavy (non-hydrogen) atoms. The molecule has 0 aromatic heterocycles. The van der Waals surface area contributed by atoms with Gasteiger partial charge in [-0.2, -0.15) is 0 Å². The zero-order valence-electron chi connectivity index (χ0n) is 13.5. The summed E-state index contributed by atoms with van der Waals surface area (Å²) in [6, 6.07) is 6.96. The van der Waals surface area contributed by atoms with Crippen LogP contribution >= 0.6 is 0 Å². The molecule has 0 bridgehead atoms. The molecule has 0 amide bonds. The maximum Gasteiger partial charge on any atom is 0.279 e. The maximum atomic E-state index is 12.6. The molecule has 0 spiro atoms. The lowest BCUT2D eigenvalue weighted by Gasteiger charge is -2.19. The molecular formula is C13H11N3O9S2. The monoisotopic (exact) mass is 417 g/mol. The van der Waals surface area contributed by atoms with Crippen LogP contribution in [-0.4, -0.2) is 37.7 Å². The summed E-state index contributed by atoms with van der Waals surface area (Å²) in [5.41, 5.74) is -0.785. The smallest absolute Gasteiger partial charge is 0.273 e. The lowest BCUT2D eigenvalue weighted by Crippen LogP contribution is -2.36. The van der Waals surface area contributed by atoms with Gasteiger partial charge in [0.2, 0.25) is 0 Å². The van der Waals surface area contributed by atoms with Crippen molar-refractivity contribution in [1.29, 1.82) is 0 Å². The number of hydrogen-bond acceptors (Lipinski definition) is 9. The third kappa shape index (κ3) is 3.92. The third-order valence-corrected chi connectivity index (χ3v) is 7.23. The van der Waals surface area contributed by atoms with Crippen LogP contribution in [-0.2, 0) is 24.9 Å². The fraction of sp³-hybridized carbons (Fsp3) is 0.0769. The highest BCUT2D eigenvalue weighted by Crippen LogP contribution is 2.26. The Morgan fingerprint density at radius 2 is 1.04 bits per heavy atom. The molecule has 0 aliphatic carbocycles. The molecule has 14 heteroatoms. The van der Waals surface area contributed by atoms with Crippen molar-refractivity contribution in [3.8, 4) is 0 Å². The molecule has 0 saturated heterocycles. The van der Waals surface area contributed by atoms with Gasteiger partial charge in [0.05, 0.1) is 26.7 Å². The average molecular weight is 417 g/mol. The van der Waals surface area contributed by atoms with E-state index in [0.717, 1.165) is 55.6 Å². The molecule has 2 aromatic rings. The molecule has 0 N–H and O–H groups in total. The van der Waals surface area contributed by atoms with Gasteiger partial charge in [0, 0.05) is 28.1 Å². The van der Waals surface area contributed by atoms with Crippen LogP contribution in [0.15, 0.2) is 58.3 Å². The van der Waals surface area contributed by atoms with Gasteiger partial charge >= 0.3 is 0 Å². The Morgan fingerprint density at radius 1 is 0.741 bits per heavy atom. The number of hydrogen-bond donors (Lipinski definition) is 0. The summed E-state index contributed by atoms with van der Waals surface area (Å²) in [5.74, 6) is 0. The number of benzene rings is 2. The topological polar surface area (TPSA) is 167 Å². The van der Waals surface area contributed by atoms with Gasteiger partial charge in [0.25, 0.3) is 31.4 Å². The Balaban J connectivity index is 2.49. The van der Waals surface area contributed by atoms with Crippen LogP contribution in [0.2, 0.25) is 0 Å². The van der Waals surface area contributed by atoms with Gasteiger partial charge in [-0.15, -0.1) is 0 Å². The summed E-state index contributed by atoms with van der Waals surface area (Å²) in [4.78, 5) is 23.2. The van der Waals surface area contributed by atoms with Crippen LogP contribution in [0.5, 0.6) is 0 Å². The molecule has 2 aromatic carbocycles. The molecule has 0 heterocycles. The van der Waals surface area contributed by atoms with E-state index < -0.39 is 51.1 Å². The maximum absolute atomic E-state index is 12.6. The number of nitro benzene ring substituents is 2. The minimum atomic E-state index is -4.76. The first-order valence-corrected chi connectivity index (χ1v) is 9.73. The minimum absolute atomic E-state index is 0.275. The highest BCUT2D eigenvalue weighted by molar-refractivity contribution is 8.03. The summed E-state index contributed by atoms with van der Waals surface area (Å²) in [6.45, 7) is 0. The molecule has 0 radical (unpaired) electrons. The Labute approximate surface area is 153 Å². The van der Waals surface area contributed by atoms with Gasteiger partial charge in [-0.3, -0.25) is 25.1 Å². The SMILES string of the molecule is CON(S(=O)(=O)c1ccc([N+](=O)[O-])cc1)S(=O)(=O)c1ccc([N+](=O)[O-])cc1. The molecule has 0 fully saturated rings. The average Bonchev–Trinajstić information content (AvgIpc) is 2.62. The van der Waals surface area contributed by atoms with Crippen LogP contribution in [0.3, 0.4) is 0 Å². The first kappa shape index (κ1) is 20.4. The van der Waals surface area contributed by atoms with E-state index in [1.807, 2.05) is 0 Å². The highest BCUT2D eigenvalue weighted by atomic mass is 32.3. The molecule has 12 nitrogen and oxygen atoms in total. The summed E-state index contributed by atoms with van der Waals surface area (Å²) < 4.78 is 50.1. The lowest BCUT2D eigenvalue weighted by atomic mass is 10.3. The van der Waals surface area contributed by atoms with Crippen LogP contribution < -0.4 is 0 Å². The van der Waals surface area contributed by atoms with Crippen LogP contribution in [0, 0.1) is 20.2 Å². The van der Waals surface area contributed by atoms with Crippen LogP contribution in [0.1, 0.15) is 0 Å². The van der Waals surface area contributed by atoms with E-state index in [9.17, 15) is 37.1 Å². The summed E-state index contributed by atoms with van der Waals surface area (Å²) in [6.07, 6.45) is 0. The fourth-order valence-electron chi connectivity index (χ4n) is 1.98. The molecule has 0 saturated carbocycles. The van der Waals surface area contributed by atoms with Crippen molar-refractivity contribution in [3.63, 3.8) is 0 Å². The number of nitrogens with zero attached hydrogens (tertiary/aromatic N) is 3. The van der Waals surface area contributed by atoms with E-state index in [4.69, 9.17) is 0 Å². The normalized spacial score (nSPS) is 12.1. The van der Waals surface area contributed by atoms with E-state index >= 15 is 0 Å². The fourth-order valence-corrected chi connectivity index (χ4v) is 5.22. The zero-order chi connectivity index (χ0) is 20.4. The molecule has 2 rings (SSSR count). The van der Waals surface area contributed by atoms with Gasteiger partial charge < -0.3 is 0 Å². The Bertz CT molecular complexity index is 991. The highest BCUT2D eigenvalue weighted by Gasteiger charge is 2.38. The Kier molecular flexibility index (Phi) is 5.55. The van der Waals surface area contributed by atoms with E-state index in [0.29, 0.717) is 0 Å².